The molecule has 0 aliphatic rings. The summed E-state index contributed by atoms with van der Waals surface area (Å²) in [4.78, 5) is 18.2. The van der Waals surface area contributed by atoms with E-state index in [-0.39, 0.29) is 0 Å². The van der Waals surface area contributed by atoms with Crippen LogP contribution in [0.5, 0.6) is 0 Å². The van der Waals surface area contributed by atoms with Crippen molar-refractivity contribution in [1.29, 1.82) is 0 Å². The summed E-state index contributed by atoms with van der Waals surface area (Å²) in [5, 5.41) is 0. The van der Waals surface area contributed by atoms with Gasteiger partial charge in [0.25, 0.3) is 0 Å². The summed E-state index contributed by atoms with van der Waals surface area (Å²) < 4.78 is 0. The van der Waals surface area contributed by atoms with Crippen LogP contribution in [-0.4, -0.2) is 41.1 Å². The molecule has 0 unspecified atom stereocenters. The van der Waals surface area contributed by atoms with E-state index in [4.69, 9.17) is 10.7 Å². The van der Waals surface area contributed by atoms with Gasteiger partial charge in [0.1, 0.15) is 0 Å². The van der Waals surface area contributed by atoms with Crippen molar-refractivity contribution in [2.45, 2.75) is 79.1 Å². The average molecular weight is 351 g/mol. The van der Waals surface area contributed by atoms with Crippen LogP contribution in [-0.2, 0) is 0 Å². The molecule has 1 aromatic heterocycles. The van der Waals surface area contributed by atoms with Gasteiger partial charge in [-0.15, -0.1) is 0 Å². The van der Waals surface area contributed by atoms with E-state index in [1.165, 1.54) is 0 Å². The first kappa shape index (κ1) is 21.5. The lowest BCUT2D eigenvalue weighted by Crippen LogP contribution is -2.31. The Bertz CT molecular complexity index is 411. The second kappa shape index (κ2) is 12.7. The second-order valence-corrected chi connectivity index (χ2v) is 6.68. The third-order valence-electron chi connectivity index (χ3n) is 4.32. The van der Waals surface area contributed by atoms with Crippen molar-refractivity contribution in [3.8, 4) is 0 Å². The Morgan fingerprint density at radius 2 is 0.920 bits per heavy atom. The molecule has 6 nitrogen and oxygen atoms in total. The predicted octanol–water partition coefficient (Wildman–Crippen LogP) is 4.27. The minimum atomic E-state index is 0.330. The van der Waals surface area contributed by atoms with Gasteiger partial charge in [-0.05, 0) is 25.7 Å². The van der Waals surface area contributed by atoms with E-state index in [0.29, 0.717) is 5.95 Å². The van der Waals surface area contributed by atoms with Crippen molar-refractivity contribution in [3.63, 3.8) is 0 Å². The summed E-state index contributed by atoms with van der Waals surface area (Å²) >= 11 is 0. The van der Waals surface area contributed by atoms with E-state index in [1.807, 2.05) is 0 Å². The number of nitrogens with two attached hydrogens (primary N) is 1. The molecular weight excluding hydrogens is 312 g/mol. The number of hydrogen-bond acceptors (Lipinski definition) is 6. The Morgan fingerprint density at radius 1 is 0.600 bits per heavy atom. The molecule has 0 radical (unpaired) electrons. The van der Waals surface area contributed by atoms with E-state index in [9.17, 15) is 0 Å². The standard InChI is InChI=1S/C19H38N6/c1-5-9-13-24(14-10-6-2)18-21-17(20)22-19(23-18)25(15-11-7-3)16-12-8-4/h5-16H2,1-4H3,(H2,20,21,22,23). The zero-order chi connectivity index (χ0) is 18.5. The Balaban J connectivity index is 3.02. The molecule has 0 spiro atoms. The highest BCUT2D eigenvalue weighted by Crippen LogP contribution is 2.18. The SMILES string of the molecule is CCCCN(CCCC)c1nc(N)nc(N(CCCC)CCCC)n1. The highest BCUT2D eigenvalue weighted by atomic mass is 15.3. The van der Waals surface area contributed by atoms with Crippen molar-refractivity contribution < 1.29 is 0 Å². The van der Waals surface area contributed by atoms with E-state index < -0.39 is 0 Å². The quantitative estimate of drug-likeness (QED) is 0.540. The Morgan fingerprint density at radius 3 is 1.20 bits per heavy atom. The fourth-order valence-corrected chi connectivity index (χ4v) is 2.67. The summed E-state index contributed by atoms with van der Waals surface area (Å²) in [6.07, 6.45) is 9.20. The minimum Gasteiger partial charge on any atom is -0.368 e. The number of unbranched alkanes of at least 4 members (excludes halogenated alkanes) is 4. The Hall–Kier alpha value is -1.59. The smallest absolute Gasteiger partial charge is 0.231 e. The van der Waals surface area contributed by atoms with Gasteiger partial charge in [0.05, 0.1) is 0 Å². The summed E-state index contributed by atoms with van der Waals surface area (Å²) in [5.74, 6) is 1.81. The zero-order valence-electron chi connectivity index (χ0n) is 16.8. The molecule has 0 amide bonds. The maximum absolute atomic E-state index is 6.03. The molecule has 1 rings (SSSR count). The normalized spacial score (nSPS) is 10.9. The lowest BCUT2D eigenvalue weighted by atomic mass is 10.2. The number of anilines is 3. The van der Waals surface area contributed by atoms with Crippen LogP contribution in [0.3, 0.4) is 0 Å². The van der Waals surface area contributed by atoms with Gasteiger partial charge < -0.3 is 15.5 Å². The molecule has 0 aliphatic heterocycles. The largest absolute Gasteiger partial charge is 0.368 e. The molecule has 1 aromatic rings. The fraction of sp³-hybridized carbons (Fsp3) is 0.842. The number of rotatable bonds is 14. The van der Waals surface area contributed by atoms with Crippen LogP contribution in [0.15, 0.2) is 0 Å². The molecule has 25 heavy (non-hydrogen) atoms. The number of aromatic nitrogens is 3. The molecule has 0 saturated carbocycles. The van der Waals surface area contributed by atoms with Crippen molar-refractivity contribution in [3.05, 3.63) is 0 Å². The monoisotopic (exact) mass is 350 g/mol. The van der Waals surface area contributed by atoms with Crippen LogP contribution < -0.4 is 15.5 Å². The van der Waals surface area contributed by atoms with E-state index in [2.05, 4.69) is 47.5 Å². The molecule has 0 atom stereocenters. The first-order valence-electron chi connectivity index (χ1n) is 10.2. The van der Waals surface area contributed by atoms with Crippen LogP contribution in [0.2, 0.25) is 0 Å². The molecule has 144 valence electrons. The van der Waals surface area contributed by atoms with Crippen molar-refractivity contribution in [2.24, 2.45) is 0 Å². The van der Waals surface area contributed by atoms with Crippen molar-refractivity contribution in [1.82, 2.24) is 15.0 Å². The molecular formula is C19H38N6. The maximum atomic E-state index is 6.03. The lowest BCUT2D eigenvalue weighted by Gasteiger charge is -2.26. The van der Waals surface area contributed by atoms with Crippen LogP contribution in [0.1, 0.15) is 79.1 Å². The van der Waals surface area contributed by atoms with Gasteiger partial charge in [-0.3, -0.25) is 0 Å². The Labute approximate surface area is 154 Å². The summed E-state index contributed by atoms with van der Waals surface area (Å²) in [5.41, 5.74) is 6.03. The van der Waals surface area contributed by atoms with Gasteiger partial charge in [-0.25, -0.2) is 0 Å². The van der Waals surface area contributed by atoms with Gasteiger partial charge in [0, 0.05) is 26.2 Å². The lowest BCUT2D eigenvalue weighted by molar-refractivity contribution is 0.646. The summed E-state index contributed by atoms with van der Waals surface area (Å²) in [6, 6.07) is 0. The maximum Gasteiger partial charge on any atom is 0.231 e. The molecule has 2 N–H and O–H groups in total. The first-order valence-corrected chi connectivity index (χ1v) is 10.2. The van der Waals surface area contributed by atoms with Gasteiger partial charge in [0.15, 0.2) is 0 Å². The molecule has 0 aliphatic carbocycles. The van der Waals surface area contributed by atoms with Crippen LogP contribution in [0.25, 0.3) is 0 Å². The van der Waals surface area contributed by atoms with E-state index in [0.717, 1.165) is 89.4 Å². The van der Waals surface area contributed by atoms with Gasteiger partial charge >= 0.3 is 0 Å². The summed E-state index contributed by atoms with van der Waals surface area (Å²) in [6.45, 7) is 12.7. The molecule has 0 saturated heterocycles. The third-order valence-corrected chi connectivity index (χ3v) is 4.32. The highest BCUT2D eigenvalue weighted by molar-refractivity contribution is 5.43. The molecule has 0 bridgehead atoms. The number of nitrogen functional groups attached to an aromatic ring is 1. The second-order valence-electron chi connectivity index (χ2n) is 6.68. The first-order chi connectivity index (χ1) is 12.2. The predicted molar refractivity (Wildman–Crippen MR) is 108 cm³/mol. The van der Waals surface area contributed by atoms with E-state index in [1.54, 1.807) is 0 Å². The number of nitrogens with zero attached hydrogens (tertiary/aromatic N) is 5. The zero-order valence-corrected chi connectivity index (χ0v) is 16.8. The highest BCUT2D eigenvalue weighted by Gasteiger charge is 2.16. The van der Waals surface area contributed by atoms with Gasteiger partial charge in [-0.1, -0.05) is 53.4 Å². The molecule has 6 heteroatoms. The van der Waals surface area contributed by atoms with Crippen molar-refractivity contribution in [2.75, 3.05) is 41.7 Å². The van der Waals surface area contributed by atoms with Crippen LogP contribution in [0, 0.1) is 0 Å². The van der Waals surface area contributed by atoms with Crippen LogP contribution in [0.4, 0.5) is 17.8 Å². The molecule has 1 heterocycles. The fourth-order valence-electron chi connectivity index (χ4n) is 2.67. The topological polar surface area (TPSA) is 71.2 Å². The summed E-state index contributed by atoms with van der Waals surface area (Å²) in [7, 11) is 0. The van der Waals surface area contributed by atoms with Crippen molar-refractivity contribution >= 4 is 17.8 Å². The third kappa shape index (κ3) is 7.88. The molecule has 0 aromatic carbocycles. The minimum absolute atomic E-state index is 0.330. The van der Waals surface area contributed by atoms with Gasteiger partial charge in [-0.2, -0.15) is 15.0 Å². The van der Waals surface area contributed by atoms with E-state index >= 15 is 0 Å². The number of hydrogen-bond donors (Lipinski definition) is 1. The average Bonchev–Trinajstić information content (AvgIpc) is 2.61. The van der Waals surface area contributed by atoms with Crippen LogP contribution >= 0.6 is 0 Å². The van der Waals surface area contributed by atoms with Gasteiger partial charge in [0.2, 0.25) is 17.8 Å². The Kier molecular flexibility index (Phi) is 10.9. The molecule has 0 fully saturated rings.